The third kappa shape index (κ3) is 4.21. The Labute approximate surface area is 165 Å². The molecule has 2 aliphatic rings. The average molecular weight is 404 g/mol. The molecule has 5 nitrogen and oxygen atoms in total. The molecule has 0 aliphatic carbocycles. The van der Waals surface area contributed by atoms with Gasteiger partial charge in [-0.05, 0) is 41.5 Å². The van der Waals surface area contributed by atoms with E-state index in [-0.39, 0.29) is 31.3 Å². The van der Waals surface area contributed by atoms with Crippen LogP contribution in [0.15, 0.2) is 42.5 Å². The van der Waals surface area contributed by atoms with Crippen molar-refractivity contribution in [3.8, 4) is 5.75 Å². The summed E-state index contributed by atoms with van der Waals surface area (Å²) in [4.78, 5) is 26.3. The molecule has 1 fully saturated rings. The maximum absolute atomic E-state index is 12.9. The molecule has 29 heavy (non-hydrogen) atoms. The maximum atomic E-state index is 12.9. The van der Waals surface area contributed by atoms with Crippen LogP contribution in [0.25, 0.3) is 0 Å². The Hall–Kier alpha value is -3.03. The number of likely N-dealkylation sites (tertiary alicyclic amines) is 1. The Morgan fingerprint density at radius 3 is 2.83 bits per heavy atom. The largest absolute Gasteiger partial charge is 0.493 e. The lowest BCUT2D eigenvalue weighted by Crippen LogP contribution is -2.28. The van der Waals surface area contributed by atoms with Gasteiger partial charge in [0.1, 0.15) is 5.75 Å². The van der Waals surface area contributed by atoms with Crippen LogP contribution < -0.4 is 10.1 Å². The molecule has 1 atom stereocenters. The predicted octanol–water partition coefficient (Wildman–Crippen LogP) is 3.63. The van der Waals surface area contributed by atoms with E-state index in [1.165, 1.54) is 11.0 Å². The highest BCUT2D eigenvalue weighted by atomic mass is 19.4. The summed E-state index contributed by atoms with van der Waals surface area (Å²) in [7, 11) is 0. The minimum atomic E-state index is -4.44. The number of ether oxygens (including phenoxy) is 1. The van der Waals surface area contributed by atoms with Crippen molar-refractivity contribution in [1.82, 2.24) is 4.90 Å². The molecule has 0 unspecified atom stereocenters. The molecule has 8 heteroatoms. The summed E-state index contributed by atoms with van der Waals surface area (Å²) in [5, 5.41) is 2.83. The average Bonchev–Trinajstić information content (AvgIpc) is 3.28. The third-order valence-electron chi connectivity index (χ3n) is 5.17. The molecule has 0 saturated carbocycles. The zero-order valence-electron chi connectivity index (χ0n) is 15.5. The molecule has 1 saturated heterocycles. The molecule has 2 heterocycles. The van der Waals surface area contributed by atoms with Crippen LogP contribution in [0.3, 0.4) is 0 Å². The van der Waals surface area contributed by atoms with Gasteiger partial charge in [-0.1, -0.05) is 12.1 Å². The summed E-state index contributed by atoms with van der Waals surface area (Å²) >= 11 is 0. The van der Waals surface area contributed by atoms with Crippen LogP contribution in [-0.4, -0.2) is 29.9 Å². The normalized spacial score (nSPS) is 18.5. The zero-order valence-corrected chi connectivity index (χ0v) is 15.5. The van der Waals surface area contributed by atoms with Crippen LogP contribution in [-0.2, 0) is 28.7 Å². The van der Waals surface area contributed by atoms with Crippen LogP contribution in [0.1, 0.15) is 23.1 Å². The number of nitrogens with zero attached hydrogens (tertiary/aromatic N) is 1. The van der Waals surface area contributed by atoms with Gasteiger partial charge in [-0.25, -0.2) is 0 Å². The summed E-state index contributed by atoms with van der Waals surface area (Å²) < 4.78 is 44.1. The Kier molecular flexibility index (Phi) is 4.94. The van der Waals surface area contributed by atoms with Gasteiger partial charge in [0.2, 0.25) is 11.8 Å². The Morgan fingerprint density at radius 2 is 2.03 bits per heavy atom. The smallest absolute Gasteiger partial charge is 0.416 e. The van der Waals surface area contributed by atoms with Crippen molar-refractivity contribution < 1.29 is 27.5 Å². The van der Waals surface area contributed by atoms with Crippen LogP contribution >= 0.6 is 0 Å². The number of fused-ring (bicyclic) bond motifs is 1. The fourth-order valence-electron chi connectivity index (χ4n) is 3.68. The molecule has 0 bridgehead atoms. The summed E-state index contributed by atoms with van der Waals surface area (Å²) in [5.41, 5.74) is 1.30. The lowest BCUT2D eigenvalue weighted by molar-refractivity contribution is -0.137. The van der Waals surface area contributed by atoms with E-state index in [1.54, 1.807) is 18.2 Å². The highest BCUT2D eigenvalue weighted by Gasteiger charge is 2.35. The molecule has 2 aliphatic heterocycles. The summed E-state index contributed by atoms with van der Waals surface area (Å²) in [6.45, 7) is 0.839. The van der Waals surface area contributed by atoms with Gasteiger partial charge < -0.3 is 15.0 Å². The van der Waals surface area contributed by atoms with Crippen molar-refractivity contribution in [3.63, 3.8) is 0 Å². The minimum Gasteiger partial charge on any atom is -0.493 e. The zero-order chi connectivity index (χ0) is 20.6. The van der Waals surface area contributed by atoms with Crippen LogP contribution in [0, 0.1) is 5.92 Å². The third-order valence-corrected chi connectivity index (χ3v) is 5.17. The Bertz CT molecular complexity index is 958. The fourth-order valence-corrected chi connectivity index (χ4v) is 3.68. The van der Waals surface area contributed by atoms with Gasteiger partial charge in [-0.15, -0.1) is 0 Å². The highest BCUT2D eigenvalue weighted by Crippen LogP contribution is 2.31. The van der Waals surface area contributed by atoms with E-state index in [1.807, 2.05) is 6.07 Å². The van der Waals surface area contributed by atoms with Crippen molar-refractivity contribution in [2.45, 2.75) is 25.6 Å². The first-order chi connectivity index (χ1) is 13.8. The van der Waals surface area contributed by atoms with Crippen LogP contribution in [0.4, 0.5) is 18.9 Å². The standard InChI is InChI=1S/C21H19F3N2O3/c22-21(23,24)16-3-1-2-13(8-16)11-26-12-15(10-19(26)27)20(28)25-17-4-5-18-14(9-17)6-7-29-18/h1-5,8-9,15H,6-7,10-12H2,(H,25,28)/t15-/m1/s1. The van der Waals surface area contributed by atoms with Gasteiger partial charge in [0.05, 0.1) is 18.1 Å². The minimum absolute atomic E-state index is 0.0405. The molecule has 2 aromatic carbocycles. The number of nitrogens with one attached hydrogen (secondary N) is 1. The Morgan fingerprint density at radius 1 is 1.21 bits per heavy atom. The second-order valence-corrected chi connectivity index (χ2v) is 7.28. The van der Waals surface area contributed by atoms with Gasteiger partial charge in [-0.2, -0.15) is 13.2 Å². The number of amides is 2. The second-order valence-electron chi connectivity index (χ2n) is 7.28. The van der Waals surface area contributed by atoms with E-state index < -0.39 is 17.7 Å². The second kappa shape index (κ2) is 7.42. The highest BCUT2D eigenvalue weighted by molar-refractivity contribution is 5.97. The van der Waals surface area contributed by atoms with Gasteiger partial charge in [0.25, 0.3) is 0 Å². The SMILES string of the molecule is O=C(Nc1ccc2c(c1)CCO2)[C@@H]1CC(=O)N(Cc2cccc(C(F)(F)F)c2)C1. The lowest BCUT2D eigenvalue weighted by atomic mass is 10.1. The van der Waals surface area contributed by atoms with E-state index >= 15 is 0 Å². The first-order valence-corrected chi connectivity index (χ1v) is 9.30. The summed E-state index contributed by atoms with van der Waals surface area (Å²) in [5.74, 6) is -0.252. The number of halogens is 3. The molecule has 2 amide bonds. The van der Waals surface area contributed by atoms with Crippen molar-refractivity contribution in [2.75, 3.05) is 18.5 Å². The number of rotatable bonds is 4. The topological polar surface area (TPSA) is 58.6 Å². The van der Waals surface area contributed by atoms with E-state index in [0.29, 0.717) is 17.9 Å². The number of anilines is 1. The quantitative estimate of drug-likeness (QED) is 0.847. The Balaban J connectivity index is 1.39. The first kappa shape index (κ1) is 19.3. The van der Waals surface area contributed by atoms with Crippen molar-refractivity contribution in [3.05, 3.63) is 59.2 Å². The van der Waals surface area contributed by atoms with Crippen LogP contribution in [0.2, 0.25) is 0 Å². The first-order valence-electron chi connectivity index (χ1n) is 9.30. The molecule has 0 radical (unpaired) electrons. The molecule has 4 rings (SSSR count). The number of hydrogen-bond donors (Lipinski definition) is 1. The van der Waals surface area contributed by atoms with E-state index in [2.05, 4.69) is 5.32 Å². The molecule has 1 N–H and O–H groups in total. The van der Waals surface area contributed by atoms with Gasteiger partial charge in [-0.3, -0.25) is 9.59 Å². The number of carbonyl (C=O) groups is 2. The van der Waals surface area contributed by atoms with Gasteiger partial charge in [0.15, 0.2) is 0 Å². The molecule has 152 valence electrons. The molecule has 0 aromatic heterocycles. The predicted molar refractivity (Wildman–Crippen MR) is 99.2 cm³/mol. The van der Waals surface area contributed by atoms with E-state index in [9.17, 15) is 22.8 Å². The van der Waals surface area contributed by atoms with E-state index in [0.717, 1.165) is 29.9 Å². The summed E-state index contributed by atoms with van der Waals surface area (Å²) in [6.07, 6.45) is -3.61. The van der Waals surface area contributed by atoms with Gasteiger partial charge in [0, 0.05) is 31.6 Å². The van der Waals surface area contributed by atoms with Crippen molar-refractivity contribution in [2.24, 2.45) is 5.92 Å². The monoisotopic (exact) mass is 404 g/mol. The molecular formula is C21H19F3N2O3. The van der Waals surface area contributed by atoms with Crippen molar-refractivity contribution in [1.29, 1.82) is 0 Å². The van der Waals surface area contributed by atoms with Crippen molar-refractivity contribution >= 4 is 17.5 Å². The van der Waals surface area contributed by atoms with E-state index in [4.69, 9.17) is 4.74 Å². The number of benzene rings is 2. The summed E-state index contributed by atoms with van der Waals surface area (Å²) in [6, 6.07) is 10.3. The molecular weight excluding hydrogens is 385 g/mol. The molecule has 0 spiro atoms. The lowest BCUT2D eigenvalue weighted by Gasteiger charge is -2.18. The number of alkyl halides is 3. The fraction of sp³-hybridized carbons (Fsp3) is 0.333. The maximum Gasteiger partial charge on any atom is 0.416 e. The van der Waals surface area contributed by atoms with Gasteiger partial charge >= 0.3 is 6.18 Å². The number of hydrogen-bond acceptors (Lipinski definition) is 3. The molecule has 2 aromatic rings. The van der Waals surface area contributed by atoms with Crippen LogP contribution in [0.5, 0.6) is 5.75 Å². The number of carbonyl (C=O) groups excluding carboxylic acids is 2.